The molecule has 258 valence electrons. The normalized spacial score (nSPS) is 25.8. The van der Waals surface area contributed by atoms with Crippen LogP contribution in [0.1, 0.15) is 95.3 Å². The van der Waals surface area contributed by atoms with Crippen LogP contribution < -0.4 is 21.7 Å². The van der Waals surface area contributed by atoms with Gasteiger partial charge in [0.25, 0.3) is 5.91 Å². The van der Waals surface area contributed by atoms with Gasteiger partial charge in [-0.2, -0.15) is 0 Å². The van der Waals surface area contributed by atoms with E-state index in [-0.39, 0.29) is 36.0 Å². The van der Waals surface area contributed by atoms with Gasteiger partial charge in [-0.05, 0) is 57.3 Å². The smallest absolute Gasteiger partial charge is 0.316 e. The highest BCUT2D eigenvalue weighted by molar-refractivity contribution is 7.11. The summed E-state index contributed by atoms with van der Waals surface area (Å²) in [6.07, 6.45) is 8.03. The van der Waals surface area contributed by atoms with Gasteiger partial charge in [-0.25, -0.2) is 9.78 Å². The second-order valence-corrected chi connectivity index (χ2v) is 15.5. The highest BCUT2D eigenvalue weighted by Crippen LogP contribution is 2.44. The van der Waals surface area contributed by atoms with E-state index in [1.165, 1.54) is 22.4 Å². The van der Waals surface area contributed by atoms with E-state index in [1.807, 2.05) is 27.7 Å². The number of carbonyl (C=O) groups excluding carboxylic acids is 6. The highest BCUT2D eigenvalue weighted by Gasteiger charge is 2.56. The molecule has 2 aliphatic carbocycles. The Hall–Kier alpha value is -3.39. The first-order valence-corrected chi connectivity index (χ1v) is 17.8. The zero-order chi connectivity index (χ0) is 34.0. The Morgan fingerprint density at radius 1 is 1.04 bits per heavy atom. The molecule has 14 heteroatoms. The van der Waals surface area contributed by atoms with E-state index in [0.717, 1.165) is 44.9 Å². The molecule has 3 unspecified atom stereocenters. The van der Waals surface area contributed by atoms with Crippen LogP contribution in [-0.2, 0) is 23.9 Å². The number of likely N-dealkylation sites (tertiary alicyclic amines) is 1. The zero-order valence-electron chi connectivity index (χ0n) is 27.7. The average molecular weight is 673 g/mol. The number of Topliss-reactive ketones (excluding diaryl/α,β-unsaturated/α-hetero) is 2. The molecule has 4 aliphatic rings. The lowest BCUT2D eigenvalue weighted by molar-refractivity contribution is -0.144. The summed E-state index contributed by atoms with van der Waals surface area (Å²) in [5.74, 6) is -3.74. The van der Waals surface area contributed by atoms with Crippen molar-refractivity contribution in [2.75, 3.05) is 6.54 Å². The minimum absolute atomic E-state index is 0.145. The van der Waals surface area contributed by atoms with Crippen LogP contribution in [-0.4, -0.2) is 87.6 Å². The molecule has 13 nitrogen and oxygen atoms in total. The number of ketones is 2. The molecular weight excluding hydrogens is 624 g/mol. The molecule has 2 saturated heterocycles. The molecule has 6 atom stereocenters. The van der Waals surface area contributed by atoms with Gasteiger partial charge in [0.05, 0.1) is 23.8 Å². The lowest BCUT2D eigenvalue weighted by Crippen LogP contribution is -2.61. The summed E-state index contributed by atoms with van der Waals surface area (Å²) >= 11 is 1.20. The molecule has 47 heavy (non-hydrogen) atoms. The SMILES string of the molecule is CC(C)[C@H](NC(=O)N[C@H](C(=O)N1CC2OC(C)(C)CC2[C@H]1C(=O)NC(CC1CC1)C(=O)C(N)=O)C1CCCCC1)C(=O)c1nccs1. The Labute approximate surface area is 279 Å². The molecular formula is C33H48N6O7S. The van der Waals surface area contributed by atoms with Gasteiger partial charge in [-0.15, -0.1) is 11.3 Å². The molecule has 0 radical (unpaired) electrons. The molecule has 2 aliphatic heterocycles. The van der Waals surface area contributed by atoms with Crippen molar-refractivity contribution in [1.82, 2.24) is 25.8 Å². The lowest BCUT2D eigenvalue weighted by atomic mass is 9.83. The topological polar surface area (TPSA) is 190 Å². The molecule has 3 heterocycles. The van der Waals surface area contributed by atoms with Crippen molar-refractivity contribution >= 4 is 46.7 Å². The van der Waals surface area contributed by atoms with Gasteiger partial charge in [0.1, 0.15) is 12.1 Å². The quantitative estimate of drug-likeness (QED) is 0.181. The number of aromatic nitrogens is 1. The third-order valence-corrected chi connectivity index (χ3v) is 10.8. The average Bonchev–Trinajstić information content (AvgIpc) is 3.39. The van der Waals surface area contributed by atoms with Crippen molar-refractivity contribution in [3.63, 3.8) is 0 Å². The number of primary amides is 1. The molecule has 1 aromatic rings. The van der Waals surface area contributed by atoms with Gasteiger partial charge in [-0.1, -0.05) is 46.0 Å². The van der Waals surface area contributed by atoms with Crippen LogP contribution in [0.3, 0.4) is 0 Å². The first-order valence-electron chi connectivity index (χ1n) is 16.9. The summed E-state index contributed by atoms with van der Waals surface area (Å²) in [6, 6.07) is -4.49. The Morgan fingerprint density at radius 2 is 1.74 bits per heavy atom. The predicted molar refractivity (Wildman–Crippen MR) is 173 cm³/mol. The van der Waals surface area contributed by atoms with Gasteiger partial charge in [0.2, 0.25) is 23.4 Å². The summed E-state index contributed by atoms with van der Waals surface area (Å²) < 4.78 is 6.29. The fourth-order valence-corrected chi connectivity index (χ4v) is 8.16. The van der Waals surface area contributed by atoms with E-state index < -0.39 is 65.4 Å². The van der Waals surface area contributed by atoms with Crippen LogP contribution in [0.4, 0.5) is 4.79 Å². The standard InChI is InChI=1S/C33H48N6O7S/c1-17(2)23(27(41)30-35-12-13-47-30)37-32(45)38-24(19-8-6-5-7-9-19)31(44)39-16-22-20(15-33(3,4)46-22)25(39)29(43)36-21(14-18-10-11-18)26(40)28(34)42/h12-13,17-25H,5-11,14-16H2,1-4H3,(H2,34,42)(H,36,43)(H2,37,38,45)/t20?,21?,22?,23-,24-,25-/m0/s1. The van der Waals surface area contributed by atoms with E-state index in [2.05, 4.69) is 20.9 Å². The van der Waals surface area contributed by atoms with Crippen LogP contribution in [0, 0.1) is 23.7 Å². The van der Waals surface area contributed by atoms with Crippen LogP contribution in [0.25, 0.3) is 0 Å². The van der Waals surface area contributed by atoms with Crippen molar-refractivity contribution in [1.29, 1.82) is 0 Å². The van der Waals surface area contributed by atoms with Gasteiger partial charge in [-0.3, -0.25) is 24.0 Å². The number of hydrogen-bond acceptors (Lipinski definition) is 9. The number of fused-ring (bicyclic) bond motifs is 1. The maximum atomic E-state index is 14.6. The van der Waals surface area contributed by atoms with Gasteiger partial charge >= 0.3 is 6.03 Å². The van der Waals surface area contributed by atoms with E-state index in [4.69, 9.17) is 10.5 Å². The Morgan fingerprint density at radius 3 is 2.34 bits per heavy atom. The summed E-state index contributed by atoms with van der Waals surface area (Å²) in [5.41, 5.74) is 4.81. The van der Waals surface area contributed by atoms with Crippen LogP contribution in [0.15, 0.2) is 11.6 Å². The molecule has 5 N–H and O–H groups in total. The third-order valence-electron chi connectivity index (χ3n) is 10.0. The Kier molecular flexibility index (Phi) is 10.7. The summed E-state index contributed by atoms with van der Waals surface area (Å²) in [5, 5.41) is 10.5. The van der Waals surface area contributed by atoms with E-state index in [9.17, 15) is 28.8 Å². The van der Waals surface area contributed by atoms with Crippen molar-refractivity contribution in [2.24, 2.45) is 29.4 Å². The molecule has 5 amide bonds. The molecule has 0 bridgehead atoms. The van der Waals surface area contributed by atoms with Gasteiger partial charge in [0, 0.05) is 24.0 Å². The zero-order valence-corrected chi connectivity index (χ0v) is 28.5. The van der Waals surface area contributed by atoms with Crippen molar-refractivity contribution in [3.05, 3.63) is 16.6 Å². The second-order valence-electron chi connectivity index (χ2n) is 14.6. The molecule has 0 spiro atoms. The van der Waals surface area contributed by atoms with E-state index in [1.54, 1.807) is 5.38 Å². The molecule has 5 rings (SSSR count). The maximum absolute atomic E-state index is 14.6. The van der Waals surface area contributed by atoms with Crippen molar-refractivity contribution < 1.29 is 33.5 Å². The van der Waals surface area contributed by atoms with Crippen molar-refractivity contribution in [2.45, 2.75) is 121 Å². The molecule has 1 aromatic heterocycles. The van der Waals surface area contributed by atoms with Crippen molar-refractivity contribution in [3.8, 4) is 0 Å². The number of urea groups is 1. The third kappa shape index (κ3) is 8.19. The minimum Gasteiger partial charge on any atom is -0.370 e. The van der Waals surface area contributed by atoms with Crippen LogP contribution >= 0.6 is 11.3 Å². The highest BCUT2D eigenvalue weighted by atomic mass is 32.1. The molecule has 4 fully saturated rings. The predicted octanol–water partition coefficient (Wildman–Crippen LogP) is 2.33. The Bertz CT molecular complexity index is 1360. The van der Waals surface area contributed by atoms with Gasteiger partial charge < -0.3 is 31.3 Å². The fourth-order valence-electron chi connectivity index (χ4n) is 7.55. The number of hydrogen-bond donors (Lipinski definition) is 4. The van der Waals surface area contributed by atoms with E-state index >= 15 is 0 Å². The number of ether oxygens (including phenoxy) is 1. The monoisotopic (exact) mass is 672 g/mol. The lowest BCUT2D eigenvalue weighted by Gasteiger charge is -2.36. The Balaban J connectivity index is 1.38. The fraction of sp³-hybridized carbons (Fsp3) is 0.727. The number of thiazole rings is 1. The molecule has 2 saturated carbocycles. The number of nitrogens with two attached hydrogens (primary N) is 1. The first-order chi connectivity index (χ1) is 22.3. The number of carbonyl (C=O) groups is 6. The summed E-state index contributed by atoms with van der Waals surface area (Å²) in [6.45, 7) is 7.67. The number of nitrogens with zero attached hydrogens (tertiary/aromatic N) is 2. The summed E-state index contributed by atoms with van der Waals surface area (Å²) in [4.78, 5) is 85.5. The van der Waals surface area contributed by atoms with E-state index in [0.29, 0.717) is 17.8 Å². The largest absolute Gasteiger partial charge is 0.370 e. The van der Waals surface area contributed by atoms with Gasteiger partial charge in [0.15, 0.2) is 5.01 Å². The second kappa shape index (κ2) is 14.4. The number of nitrogens with one attached hydrogen (secondary N) is 3. The van der Waals surface area contributed by atoms with Crippen LogP contribution in [0.5, 0.6) is 0 Å². The summed E-state index contributed by atoms with van der Waals surface area (Å²) in [7, 11) is 0. The number of amides is 5. The molecule has 0 aromatic carbocycles. The minimum atomic E-state index is -1.11. The first kappa shape index (κ1) is 34.9. The van der Waals surface area contributed by atoms with Crippen LogP contribution in [0.2, 0.25) is 0 Å². The number of rotatable bonds is 13. The maximum Gasteiger partial charge on any atom is 0.316 e.